The highest BCUT2D eigenvalue weighted by atomic mass is 16.6. The number of esters is 2. The lowest BCUT2D eigenvalue weighted by molar-refractivity contribution is -0.166. The minimum absolute atomic E-state index is 0.0332. The molecule has 1 heterocycles. The first-order valence-electron chi connectivity index (χ1n) is 15.6. The van der Waals surface area contributed by atoms with Gasteiger partial charge in [-0.15, -0.1) is 0 Å². The molecule has 4 atom stereocenters. The number of carboxylic acid groups (broad SMARTS) is 3. The van der Waals surface area contributed by atoms with Crippen LogP contribution in [0.3, 0.4) is 0 Å². The average Bonchev–Trinajstić information content (AvgIpc) is 3.55. The predicted octanol–water partition coefficient (Wildman–Crippen LogP) is 4.98. The molecule has 0 radical (unpaired) electrons. The van der Waals surface area contributed by atoms with Crippen molar-refractivity contribution in [2.24, 2.45) is 0 Å². The van der Waals surface area contributed by atoms with Crippen molar-refractivity contribution in [1.29, 1.82) is 0 Å². The van der Waals surface area contributed by atoms with E-state index in [1.54, 1.807) is 38.1 Å². The second-order valence-electron chi connectivity index (χ2n) is 12.2. The quantitative estimate of drug-likeness (QED) is 0.216. The van der Waals surface area contributed by atoms with Crippen molar-refractivity contribution in [2.45, 2.75) is 70.6 Å². The molecule has 1 aliphatic heterocycles. The van der Waals surface area contributed by atoms with E-state index < -0.39 is 42.2 Å². The number of carboxylic acids is 2. The largest absolute Gasteiger partial charge is 0.478 e. The van der Waals surface area contributed by atoms with Crippen molar-refractivity contribution in [3.05, 3.63) is 100 Å². The Morgan fingerprint density at radius 2 is 1.33 bits per heavy atom. The molecule has 1 aliphatic carbocycles. The molecular formula is C36H40N2O10. The number of aryl methyl sites for hydroxylation is 2. The Labute approximate surface area is 278 Å². The maximum absolute atomic E-state index is 12.2. The van der Waals surface area contributed by atoms with Gasteiger partial charge in [0, 0.05) is 23.7 Å². The van der Waals surface area contributed by atoms with E-state index in [9.17, 15) is 39.3 Å². The van der Waals surface area contributed by atoms with Gasteiger partial charge in [0.2, 0.25) is 12.2 Å². The molecule has 5 rings (SSSR count). The number of benzene rings is 3. The molecule has 0 spiro atoms. The topological polar surface area (TPSA) is 180 Å². The fourth-order valence-electron chi connectivity index (χ4n) is 5.98. The molecule has 0 saturated carbocycles. The second-order valence-corrected chi connectivity index (χ2v) is 12.2. The standard InChI is InChI=1S/C20H18O8.C16H22N2O2/c1-11-3-7-13(8-4-11)19(25)27-15(17(21)22)16(18(23)24)28-20(26)14-9-5-12(2)6-10-14;1-3-8-18(15(19)20)12-5-4-11-9-14-16(2,6-7-17-14)13(11)10-12/h3-10,15-16H,1-2H3,(H,21,22)(H,23,24);4-5,10,14,17H,3,6-9H2,1-2H3,(H,19,20)/t15-,16-;14-,16+/m11/s1. The number of nitrogens with zero attached hydrogens (tertiary/aromatic N) is 1. The minimum atomic E-state index is -2.22. The number of amides is 1. The zero-order valence-electron chi connectivity index (χ0n) is 27.3. The van der Waals surface area contributed by atoms with Crippen molar-refractivity contribution in [2.75, 3.05) is 18.0 Å². The summed E-state index contributed by atoms with van der Waals surface area (Å²) in [6, 6.07) is 18.7. The van der Waals surface area contributed by atoms with Crippen LogP contribution in [0.4, 0.5) is 10.5 Å². The highest BCUT2D eigenvalue weighted by molar-refractivity contribution is 5.95. The summed E-state index contributed by atoms with van der Waals surface area (Å²) in [7, 11) is 0. The number of fused-ring (bicyclic) bond motifs is 3. The molecule has 254 valence electrons. The lowest BCUT2D eigenvalue weighted by Crippen LogP contribution is -2.45. The SMILES string of the molecule is CCCN(C(=O)O)c1ccc2c(c1)[C@]1(C)CCN[C@@H]1C2.Cc1ccc(C(=O)O[C@@H](C(=O)O)[C@@H](OC(=O)c2ccc(C)cc2)C(=O)O)cc1. The molecule has 1 fully saturated rings. The summed E-state index contributed by atoms with van der Waals surface area (Å²) in [4.78, 5) is 60.2. The van der Waals surface area contributed by atoms with Crippen molar-refractivity contribution < 1.29 is 48.8 Å². The summed E-state index contributed by atoms with van der Waals surface area (Å²) in [5, 5.41) is 31.6. The first-order chi connectivity index (χ1) is 22.7. The summed E-state index contributed by atoms with van der Waals surface area (Å²) in [6.45, 7) is 9.50. The third kappa shape index (κ3) is 8.00. The van der Waals surface area contributed by atoms with Gasteiger partial charge in [0.25, 0.3) is 0 Å². The summed E-state index contributed by atoms with van der Waals surface area (Å²) < 4.78 is 9.64. The van der Waals surface area contributed by atoms with Crippen LogP contribution in [0.2, 0.25) is 0 Å². The number of rotatable bonds is 10. The Bertz CT molecular complexity index is 1600. The maximum Gasteiger partial charge on any atom is 0.411 e. The molecule has 48 heavy (non-hydrogen) atoms. The fraction of sp³-hybridized carbons (Fsp3) is 0.361. The van der Waals surface area contributed by atoms with Crippen molar-refractivity contribution in [1.82, 2.24) is 5.32 Å². The molecule has 3 aromatic carbocycles. The van der Waals surface area contributed by atoms with Gasteiger partial charge >= 0.3 is 30.0 Å². The maximum atomic E-state index is 12.2. The number of carbonyl (C=O) groups is 5. The van der Waals surface area contributed by atoms with E-state index in [2.05, 4.69) is 24.4 Å². The fourth-order valence-corrected chi connectivity index (χ4v) is 5.98. The molecule has 3 aromatic rings. The van der Waals surface area contributed by atoms with Crippen LogP contribution in [-0.2, 0) is 30.9 Å². The van der Waals surface area contributed by atoms with Gasteiger partial charge in [-0.3, -0.25) is 4.90 Å². The van der Waals surface area contributed by atoms with Crippen LogP contribution in [0.15, 0.2) is 66.7 Å². The van der Waals surface area contributed by atoms with Crippen LogP contribution in [0, 0.1) is 13.8 Å². The van der Waals surface area contributed by atoms with Gasteiger partial charge in [0.05, 0.1) is 11.1 Å². The van der Waals surface area contributed by atoms with Gasteiger partial charge in [-0.1, -0.05) is 55.3 Å². The zero-order chi connectivity index (χ0) is 35.2. The second kappa shape index (κ2) is 15.1. The van der Waals surface area contributed by atoms with Crippen LogP contribution in [0.1, 0.15) is 69.7 Å². The van der Waals surface area contributed by atoms with Crippen LogP contribution in [0.5, 0.6) is 0 Å². The first-order valence-corrected chi connectivity index (χ1v) is 15.6. The van der Waals surface area contributed by atoms with E-state index in [0.717, 1.165) is 42.6 Å². The molecular weight excluding hydrogens is 620 g/mol. The predicted molar refractivity (Wildman–Crippen MR) is 176 cm³/mol. The van der Waals surface area contributed by atoms with Gasteiger partial charge in [0.15, 0.2) is 0 Å². The normalized spacial score (nSPS) is 18.6. The zero-order valence-corrected chi connectivity index (χ0v) is 27.3. The molecule has 1 saturated heterocycles. The van der Waals surface area contributed by atoms with E-state index in [1.807, 2.05) is 13.0 Å². The monoisotopic (exact) mass is 660 g/mol. The lowest BCUT2D eigenvalue weighted by atomic mass is 9.80. The number of hydrogen-bond acceptors (Lipinski definition) is 8. The molecule has 0 bridgehead atoms. The Kier molecular flexibility index (Phi) is 11.2. The Hall–Kier alpha value is -5.23. The molecule has 4 N–H and O–H groups in total. The molecule has 0 unspecified atom stereocenters. The van der Waals surface area contributed by atoms with Gasteiger partial charge < -0.3 is 30.1 Å². The van der Waals surface area contributed by atoms with Crippen LogP contribution < -0.4 is 10.2 Å². The van der Waals surface area contributed by atoms with E-state index in [4.69, 9.17) is 9.47 Å². The van der Waals surface area contributed by atoms with E-state index in [0.29, 0.717) is 12.6 Å². The number of nitrogens with one attached hydrogen (secondary N) is 1. The van der Waals surface area contributed by atoms with Crippen molar-refractivity contribution in [3.8, 4) is 0 Å². The third-order valence-corrected chi connectivity index (χ3v) is 8.73. The average molecular weight is 661 g/mol. The highest BCUT2D eigenvalue weighted by Crippen LogP contribution is 2.45. The van der Waals surface area contributed by atoms with Gasteiger partial charge in [-0.25, -0.2) is 24.0 Å². The van der Waals surface area contributed by atoms with E-state index >= 15 is 0 Å². The minimum Gasteiger partial charge on any atom is -0.478 e. The summed E-state index contributed by atoms with van der Waals surface area (Å²) >= 11 is 0. The van der Waals surface area contributed by atoms with Crippen molar-refractivity contribution in [3.63, 3.8) is 0 Å². The summed E-state index contributed by atoms with van der Waals surface area (Å²) in [5.41, 5.74) is 5.48. The third-order valence-electron chi connectivity index (χ3n) is 8.73. The van der Waals surface area contributed by atoms with Crippen LogP contribution in [0.25, 0.3) is 0 Å². The number of aliphatic carboxylic acids is 2. The molecule has 2 aliphatic rings. The number of ether oxygens (including phenoxy) is 2. The summed E-state index contributed by atoms with van der Waals surface area (Å²) in [6.07, 6.45) is -2.29. The number of hydrogen-bond donors (Lipinski definition) is 4. The van der Waals surface area contributed by atoms with Gasteiger partial charge in [-0.2, -0.15) is 0 Å². The van der Waals surface area contributed by atoms with Crippen LogP contribution in [-0.4, -0.2) is 76.6 Å². The Morgan fingerprint density at radius 1 is 0.833 bits per heavy atom. The smallest absolute Gasteiger partial charge is 0.411 e. The van der Waals surface area contributed by atoms with E-state index in [1.165, 1.54) is 40.3 Å². The van der Waals surface area contributed by atoms with Crippen LogP contribution >= 0.6 is 0 Å². The molecule has 0 aromatic heterocycles. The summed E-state index contributed by atoms with van der Waals surface area (Å²) in [5.74, 6) is -5.62. The van der Waals surface area contributed by atoms with Gasteiger partial charge in [-0.05, 0) is 87.2 Å². The highest BCUT2D eigenvalue weighted by Gasteiger charge is 2.46. The molecule has 12 heteroatoms. The van der Waals surface area contributed by atoms with Crippen molar-refractivity contribution >= 4 is 35.7 Å². The molecule has 12 nitrogen and oxygen atoms in total. The number of carbonyl (C=O) groups excluding carboxylic acids is 2. The van der Waals surface area contributed by atoms with Gasteiger partial charge in [0.1, 0.15) is 0 Å². The lowest BCUT2D eigenvalue weighted by Gasteiger charge is -2.26. The first kappa shape index (κ1) is 35.6. The van der Waals surface area contributed by atoms with E-state index in [-0.39, 0.29) is 16.5 Å². The Morgan fingerprint density at radius 3 is 1.77 bits per heavy atom. The molecule has 1 amide bonds. The number of anilines is 1. The Balaban J connectivity index is 0.000000228.